The first-order valence-electron chi connectivity index (χ1n) is 8.17. The molecule has 1 fully saturated rings. The Balaban J connectivity index is 0.00000225. The van der Waals surface area contributed by atoms with Gasteiger partial charge in [0, 0.05) is 11.1 Å². The topological polar surface area (TPSA) is 57.6 Å². The molecule has 1 aliphatic carbocycles. The quantitative estimate of drug-likeness (QED) is 0.434. The second kappa shape index (κ2) is 7.73. The molecule has 1 aromatic rings. The van der Waals surface area contributed by atoms with E-state index in [2.05, 4.69) is 7.05 Å². The van der Waals surface area contributed by atoms with Gasteiger partial charge in [-0.25, -0.2) is 0 Å². The number of carbonyl (C=O) groups is 2. The Labute approximate surface area is 169 Å². The lowest BCUT2D eigenvalue weighted by molar-refractivity contribution is -0.916. The second-order valence-corrected chi connectivity index (χ2v) is 7.33. The summed E-state index contributed by atoms with van der Waals surface area (Å²) in [4.78, 5) is 27.2. The van der Waals surface area contributed by atoms with Gasteiger partial charge < -0.3 is 38.5 Å². The van der Waals surface area contributed by atoms with Gasteiger partial charge in [0.15, 0.2) is 0 Å². The van der Waals surface area contributed by atoms with E-state index in [4.69, 9.17) is 11.6 Å². The van der Waals surface area contributed by atoms with Crippen LogP contribution in [0.5, 0.6) is 0 Å². The number of likely N-dealkylation sites (N-methyl/N-ethyl adjacent to an activating group) is 1. The van der Waals surface area contributed by atoms with Gasteiger partial charge in [0.05, 0.1) is 33.2 Å². The van der Waals surface area contributed by atoms with E-state index in [0.717, 1.165) is 17.6 Å². The van der Waals surface area contributed by atoms with Crippen LogP contribution in [0.2, 0.25) is 0 Å². The third kappa shape index (κ3) is 3.92. The number of nitrogens with zero attached hydrogens (tertiary/aromatic N) is 2. The van der Waals surface area contributed by atoms with Crippen molar-refractivity contribution in [3.8, 4) is 0 Å². The molecular formula is C18H22ClIN2O3. The highest BCUT2D eigenvalue weighted by Crippen LogP contribution is 2.31. The molecule has 25 heavy (non-hydrogen) atoms. The maximum absolute atomic E-state index is 12.8. The number of ketones is 2. The standard InChI is InChI=1S/C18H22ClN2O3.HI/c1-12(22)11-21(2)9-7-20(8-10-21)16-15(19)17(23)13-5-3-4-6-14(13)18(16)24;/h3-6,12,22H,7-11H2,1-2H3;1H/q+1;/p-1. The average Bonchev–Trinajstić information content (AvgIpc) is 2.54. The number of halogens is 2. The number of hydrogen-bond donors (Lipinski definition) is 1. The number of piperazine rings is 1. The predicted octanol–water partition coefficient (Wildman–Crippen LogP) is -1.34. The van der Waals surface area contributed by atoms with E-state index >= 15 is 0 Å². The van der Waals surface area contributed by atoms with Crippen molar-refractivity contribution in [2.75, 3.05) is 39.8 Å². The van der Waals surface area contributed by atoms with Crippen LogP contribution in [-0.2, 0) is 0 Å². The molecule has 1 unspecified atom stereocenters. The van der Waals surface area contributed by atoms with Crippen molar-refractivity contribution in [1.29, 1.82) is 0 Å². The summed E-state index contributed by atoms with van der Waals surface area (Å²) in [5, 5.41) is 9.67. The van der Waals surface area contributed by atoms with Gasteiger partial charge in [0.1, 0.15) is 23.4 Å². The lowest BCUT2D eigenvalue weighted by atomic mass is 9.91. The molecule has 1 aromatic carbocycles. The minimum absolute atomic E-state index is 0. The van der Waals surface area contributed by atoms with Crippen molar-refractivity contribution in [2.24, 2.45) is 0 Å². The number of Topliss-reactive ketones (excluding diaryl/α,β-unsaturated/α-hetero) is 2. The zero-order valence-electron chi connectivity index (χ0n) is 14.3. The number of hydrogen-bond acceptors (Lipinski definition) is 4. The monoisotopic (exact) mass is 476 g/mol. The number of fused-ring (bicyclic) bond motifs is 1. The summed E-state index contributed by atoms with van der Waals surface area (Å²) in [6.45, 7) is 5.32. The van der Waals surface area contributed by atoms with E-state index in [1.54, 1.807) is 31.2 Å². The van der Waals surface area contributed by atoms with Gasteiger partial charge in [-0.2, -0.15) is 0 Å². The number of aliphatic hydroxyl groups is 1. The third-order valence-electron chi connectivity index (χ3n) is 4.88. The first kappa shape index (κ1) is 20.4. The van der Waals surface area contributed by atoms with Gasteiger partial charge >= 0.3 is 0 Å². The lowest BCUT2D eigenvalue weighted by Crippen LogP contribution is -3.00. The highest BCUT2D eigenvalue weighted by atomic mass is 127. The molecule has 136 valence electrons. The fourth-order valence-corrected chi connectivity index (χ4v) is 3.91. The SMILES string of the molecule is CC(O)C[N+]1(C)CCN(C2=C(Cl)C(=O)c3ccccc3C2=O)CC1.[I-]. The van der Waals surface area contributed by atoms with Crippen LogP contribution >= 0.6 is 11.6 Å². The first-order chi connectivity index (χ1) is 11.3. The zero-order chi connectivity index (χ0) is 17.5. The molecule has 0 amide bonds. The first-order valence-corrected chi connectivity index (χ1v) is 8.55. The number of allylic oxidation sites excluding steroid dienone is 2. The number of aliphatic hydroxyl groups excluding tert-OH is 1. The fraction of sp³-hybridized carbons (Fsp3) is 0.444. The van der Waals surface area contributed by atoms with Gasteiger partial charge in [0.2, 0.25) is 11.6 Å². The van der Waals surface area contributed by atoms with Crippen LogP contribution in [0.1, 0.15) is 27.6 Å². The maximum atomic E-state index is 12.8. The predicted molar refractivity (Wildman–Crippen MR) is 92.0 cm³/mol. The van der Waals surface area contributed by atoms with Crippen LogP contribution < -0.4 is 24.0 Å². The highest BCUT2D eigenvalue weighted by molar-refractivity contribution is 6.49. The number of quaternary nitrogens is 1. The van der Waals surface area contributed by atoms with Crippen molar-refractivity contribution in [2.45, 2.75) is 13.0 Å². The molecule has 1 atom stereocenters. The molecule has 1 aliphatic heterocycles. The molecule has 0 bridgehead atoms. The Kier molecular flexibility index (Phi) is 6.30. The largest absolute Gasteiger partial charge is 1.00 e. The summed E-state index contributed by atoms with van der Waals surface area (Å²) in [5.41, 5.74) is 1.13. The Morgan fingerprint density at radius 2 is 1.68 bits per heavy atom. The summed E-state index contributed by atoms with van der Waals surface area (Å²) in [5.74, 6) is -0.462. The van der Waals surface area contributed by atoms with Crippen molar-refractivity contribution in [3.63, 3.8) is 0 Å². The fourth-order valence-electron chi connectivity index (χ4n) is 3.61. The van der Waals surface area contributed by atoms with Gasteiger partial charge in [-0.15, -0.1) is 0 Å². The van der Waals surface area contributed by atoms with Gasteiger partial charge in [0.25, 0.3) is 0 Å². The Bertz CT molecular complexity index is 725. The van der Waals surface area contributed by atoms with Crippen LogP contribution in [0.3, 0.4) is 0 Å². The number of carbonyl (C=O) groups excluding carboxylic acids is 2. The highest BCUT2D eigenvalue weighted by Gasteiger charge is 2.38. The summed E-state index contributed by atoms with van der Waals surface area (Å²) < 4.78 is 0.748. The molecule has 2 aliphatic rings. The molecule has 7 heteroatoms. The minimum Gasteiger partial charge on any atom is -1.00 e. The molecule has 3 rings (SSSR count). The number of benzene rings is 1. The van der Waals surface area contributed by atoms with Crippen molar-refractivity contribution < 1.29 is 43.2 Å². The van der Waals surface area contributed by atoms with Crippen molar-refractivity contribution in [3.05, 3.63) is 46.1 Å². The normalized spacial score (nSPS) is 20.9. The van der Waals surface area contributed by atoms with Crippen molar-refractivity contribution >= 4 is 23.2 Å². The Morgan fingerprint density at radius 1 is 1.16 bits per heavy atom. The van der Waals surface area contributed by atoms with E-state index in [9.17, 15) is 14.7 Å². The third-order valence-corrected chi connectivity index (χ3v) is 5.23. The van der Waals surface area contributed by atoms with Gasteiger partial charge in [-0.1, -0.05) is 35.9 Å². The molecule has 1 saturated heterocycles. The molecule has 5 nitrogen and oxygen atoms in total. The molecular weight excluding hydrogens is 455 g/mol. The molecule has 1 heterocycles. The molecule has 0 radical (unpaired) electrons. The van der Waals surface area contributed by atoms with Crippen LogP contribution in [0.15, 0.2) is 35.0 Å². The summed E-state index contributed by atoms with van der Waals surface area (Å²) in [7, 11) is 2.10. The number of rotatable bonds is 3. The molecule has 0 aromatic heterocycles. The van der Waals surface area contributed by atoms with Gasteiger partial charge in [-0.3, -0.25) is 9.59 Å². The lowest BCUT2D eigenvalue weighted by Gasteiger charge is -2.44. The van der Waals surface area contributed by atoms with Crippen LogP contribution in [0.4, 0.5) is 0 Å². The maximum Gasteiger partial charge on any atom is 0.211 e. The van der Waals surface area contributed by atoms with Crippen LogP contribution in [0.25, 0.3) is 0 Å². The Morgan fingerprint density at radius 3 is 2.20 bits per heavy atom. The Hall–Kier alpha value is -0.960. The minimum atomic E-state index is -0.367. The van der Waals surface area contributed by atoms with E-state index in [0.29, 0.717) is 36.5 Å². The zero-order valence-corrected chi connectivity index (χ0v) is 17.2. The molecule has 0 saturated carbocycles. The van der Waals surface area contributed by atoms with E-state index in [-0.39, 0.29) is 46.7 Å². The van der Waals surface area contributed by atoms with Crippen LogP contribution in [0, 0.1) is 0 Å². The summed E-state index contributed by atoms with van der Waals surface area (Å²) in [6.07, 6.45) is -0.367. The van der Waals surface area contributed by atoms with Crippen molar-refractivity contribution in [1.82, 2.24) is 4.90 Å². The summed E-state index contributed by atoms with van der Waals surface area (Å²) in [6, 6.07) is 6.81. The van der Waals surface area contributed by atoms with Crippen LogP contribution in [-0.4, -0.2) is 71.9 Å². The second-order valence-electron chi connectivity index (χ2n) is 6.95. The van der Waals surface area contributed by atoms with E-state index in [1.807, 2.05) is 4.90 Å². The molecule has 0 spiro atoms. The smallest absolute Gasteiger partial charge is 0.211 e. The summed E-state index contributed by atoms with van der Waals surface area (Å²) >= 11 is 6.27. The molecule has 1 N–H and O–H groups in total. The van der Waals surface area contributed by atoms with Gasteiger partial charge in [-0.05, 0) is 6.92 Å². The van der Waals surface area contributed by atoms with E-state index < -0.39 is 0 Å². The average molecular weight is 477 g/mol. The van der Waals surface area contributed by atoms with E-state index in [1.165, 1.54) is 0 Å².